The second-order valence-electron chi connectivity index (χ2n) is 3.07. The van der Waals surface area contributed by atoms with Gasteiger partial charge in [0.25, 0.3) is 0 Å². The second kappa shape index (κ2) is 4.16. The molecule has 11 heavy (non-hydrogen) atoms. The third-order valence-electron chi connectivity index (χ3n) is 1.84. The highest BCUT2D eigenvalue weighted by molar-refractivity contribution is 5.76. The Balaban J connectivity index is 1.95. The molecule has 0 spiro atoms. The molecule has 0 aromatic carbocycles. The molecule has 0 aromatic heterocycles. The number of hydrogen-bond acceptors (Lipinski definition) is 1. The van der Waals surface area contributed by atoms with Gasteiger partial charge in [0.15, 0.2) is 0 Å². The Bertz CT molecular complexity index is 150. The third-order valence-corrected chi connectivity index (χ3v) is 1.84. The average Bonchev–Trinajstić information content (AvgIpc) is 2.72. The fourth-order valence-electron chi connectivity index (χ4n) is 0.970. The summed E-state index contributed by atoms with van der Waals surface area (Å²) in [6.07, 6.45) is 5.91. The van der Waals surface area contributed by atoms with Crippen molar-refractivity contribution in [2.45, 2.75) is 25.7 Å². The number of amides is 1. The van der Waals surface area contributed by atoms with Crippen molar-refractivity contribution in [2.24, 2.45) is 5.92 Å². The molecule has 0 bridgehead atoms. The lowest BCUT2D eigenvalue weighted by atomic mass is 10.3. The maximum Gasteiger partial charge on any atom is 0.220 e. The summed E-state index contributed by atoms with van der Waals surface area (Å²) < 4.78 is 0. The Morgan fingerprint density at radius 3 is 2.91 bits per heavy atom. The lowest BCUT2D eigenvalue weighted by molar-refractivity contribution is -0.121. The van der Waals surface area contributed by atoms with E-state index in [-0.39, 0.29) is 5.91 Å². The van der Waals surface area contributed by atoms with Crippen molar-refractivity contribution in [2.75, 3.05) is 6.54 Å². The largest absolute Gasteiger partial charge is 0.356 e. The molecule has 62 valence electrons. The van der Waals surface area contributed by atoms with Gasteiger partial charge in [-0.15, -0.1) is 6.58 Å². The highest BCUT2D eigenvalue weighted by atomic mass is 16.1. The normalized spacial score (nSPS) is 16.0. The molecule has 0 unspecified atom stereocenters. The minimum absolute atomic E-state index is 0.203. The van der Waals surface area contributed by atoms with Crippen LogP contribution in [-0.2, 0) is 4.79 Å². The minimum atomic E-state index is 0.203. The van der Waals surface area contributed by atoms with E-state index in [1.54, 1.807) is 0 Å². The molecule has 2 heteroatoms. The van der Waals surface area contributed by atoms with Crippen LogP contribution in [0.15, 0.2) is 12.7 Å². The van der Waals surface area contributed by atoms with Crippen molar-refractivity contribution >= 4 is 5.91 Å². The van der Waals surface area contributed by atoms with Gasteiger partial charge in [-0.05, 0) is 25.2 Å². The van der Waals surface area contributed by atoms with E-state index in [1.807, 2.05) is 6.08 Å². The monoisotopic (exact) mass is 153 g/mol. The first-order chi connectivity index (χ1) is 5.33. The van der Waals surface area contributed by atoms with Crippen LogP contribution in [0.3, 0.4) is 0 Å². The Morgan fingerprint density at radius 2 is 2.36 bits per heavy atom. The fraction of sp³-hybridized carbons (Fsp3) is 0.667. The molecule has 0 heterocycles. The van der Waals surface area contributed by atoms with Gasteiger partial charge in [-0.1, -0.05) is 6.08 Å². The van der Waals surface area contributed by atoms with Crippen LogP contribution in [0, 0.1) is 5.92 Å². The zero-order chi connectivity index (χ0) is 8.10. The van der Waals surface area contributed by atoms with Crippen LogP contribution >= 0.6 is 0 Å². The molecular formula is C9H15NO. The lowest BCUT2D eigenvalue weighted by Crippen LogP contribution is -2.24. The molecule has 1 saturated carbocycles. The van der Waals surface area contributed by atoms with E-state index in [9.17, 15) is 4.79 Å². The molecule has 0 saturated heterocycles. The van der Waals surface area contributed by atoms with Crippen LogP contribution < -0.4 is 5.32 Å². The average molecular weight is 153 g/mol. The first kappa shape index (κ1) is 8.31. The highest BCUT2D eigenvalue weighted by Crippen LogP contribution is 2.31. The van der Waals surface area contributed by atoms with Gasteiger partial charge in [-0.25, -0.2) is 0 Å². The van der Waals surface area contributed by atoms with E-state index in [0.717, 1.165) is 19.4 Å². The summed E-state index contributed by atoms with van der Waals surface area (Å²) in [5.41, 5.74) is 0. The molecule has 0 aliphatic heterocycles. The first-order valence-corrected chi connectivity index (χ1v) is 4.20. The van der Waals surface area contributed by atoms with Crippen LogP contribution in [0.5, 0.6) is 0 Å². The predicted octanol–water partition coefficient (Wildman–Crippen LogP) is 1.48. The summed E-state index contributed by atoms with van der Waals surface area (Å²) in [6, 6.07) is 0. The van der Waals surface area contributed by atoms with Crippen molar-refractivity contribution in [1.82, 2.24) is 5.32 Å². The highest BCUT2D eigenvalue weighted by Gasteiger charge is 2.23. The van der Waals surface area contributed by atoms with Crippen LogP contribution in [0.2, 0.25) is 0 Å². The van der Waals surface area contributed by atoms with Crippen molar-refractivity contribution in [3.63, 3.8) is 0 Å². The fourth-order valence-corrected chi connectivity index (χ4v) is 0.970. The van der Waals surface area contributed by atoms with Crippen molar-refractivity contribution in [3.8, 4) is 0 Å². The van der Waals surface area contributed by atoms with Crippen LogP contribution in [0.25, 0.3) is 0 Å². The number of rotatable bonds is 5. The summed E-state index contributed by atoms with van der Waals surface area (Å²) in [5.74, 6) is 0.896. The Kier molecular flexibility index (Phi) is 3.14. The standard InChI is InChI=1S/C9H15NO/c1-2-3-6-10-9(11)7-8-4-5-8/h2,8H,1,3-7H2,(H,10,11). The summed E-state index contributed by atoms with van der Waals surface area (Å²) in [6.45, 7) is 4.32. The Hall–Kier alpha value is -0.790. The molecule has 1 rings (SSSR count). The molecular weight excluding hydrogens is 138 g/mol. The number of nitrogens with one attached hydrogen (secondary N) is 1. The van der Waals surface area contributed by atoms with Gasteiger partial charge in [0.1, 0.15) is 0 Å². The van der Waals surface area contributed by atoms with E-state index in [2.05, 4.69) is 11.9 Å². The summed E-state index contributed by atoms with van der Waals surface area (Å²) in [5, 5.41) is 2.84. The quantitative estimate of drug-likeness (QED) is 0.470. The Morgan fingerprint density at radius 1 is 1.64 bits per heavy atom. The molecule has 1 amide bonds. The molecule has 1 aliphatic rings. The number of hydrogen-bond donors (Lipinski definition) is 1. The van der Waals surface area contributed by atoms with Crippen molar-refractivity contribution in [1.29, 1.82) is 0 Å². The van der Waals surface area contributed by atoms with E-state index >= 15 is 0 Å². The van der Waals surface area contributed by atoms with Gasteiger partial charge in [-0.2, -0.15) is 0 Å². The molecule has 0 aromatic rings. The maximum atomic E-state index is 11.0. The predicted molar refractivity (Wildman–Crippen MR) is 45.2 cm³/mol. The SMILES string of the molecule is C=CCCNC(=O)CC1CC1. The zero-order valence-electron chi connectivity index (χ0n) is 6.81. The molecule has 2 nitrogen and oxygen atoms in total. The van der Waals surface area contributed by atoms with Crippen LogP contribution in [0.4, 0.5) is 0 Å². The van der Waals surface area contributed by atoms with Gasteiger partial charge < -0.3 is 5.32 Å². The van der Waals surface area contributed by atoms with Crippen LogP contribution in [0.1, 0.15) is 25.7 Å². The third kappa shape index (κ3) is 3.81. The van der Waals surface area contributed by atoms with Gasteiger partial charge in [0.2, 0.25) is 5.91 Å². The van der Waals surface area contributed by atoms with Gasteiger partial charge in [-0.3, -0.25) is 4.79 Å². The van der Waals surface area contributed by atoms with Gasteiger partial charge in [0, 0.05) is 13.0 Å². The summed E-state index contributed by atoms with van der Waals surface area (Å²) in [4.78, 5) is 11.0. The maximum absolute atomic E-state index is 11.0. The molecule has 1 fully saturated rings. The molecule has 0 radical (unpaired) electrons. The van der Waals surface area contributed by atoms with Gasteiger partial charge >= 0.3 is 0 Å². The first-order valence-electron chi connectivity index (χ1n) is 4.20. The molecule has 1 aliphatic carbocycles. The van der Waals surface area contributed by atoms with E-state index in [4.69, 9.17) is 0 Å². The smallest absolute Gasteiger partial charge is 0.220 e. The summed E-state index contributed by atoms with van der Waals surface area (Å²) >= 11 is 0. The van der Waals surface area contributed by atoms with Crippen molar-refractivity contribution < 1.29 is 4.79 Å². The lowest BCUT2D eigenvalue weighted by Gasteiger charge is -2.00. The number of carbonyl (C=O) groups excluding carboxylic acids is 1. The van der Waals surface area contributed by atoms with E-state index in [1.165, 1.54) is 12.8 Å². The van der Waals surface area contributed by atoms with Crippen molar-refractivity contribution in [3.05, 3.63) is 12.7 Å². The van der Waals surface area contributed by atoms with Gasteiger partial charge in [0.05, 0.1) is 0 Å². The molecule has 0 atom stereocenters. The topological polar surface area (TPSA) is 29.1 Å². The number of carbonyl (C=O) groups is 1. The van der Waals surface area contributed by atoms with E-state index < -0.39 is 0 Å². The molecule has 1 N–H and O–H groups in total. The second-order valence-corrected chi connectivity index (χ2v) is 3.07. The van der Waals surface area contributed by atoms with Crippen LogP contribution in [-0.4, -0.2) is 12.5 Å². The minimum Gasteiger partial charge on any atom is -0.356 e. The summed E-state index contributed by atoms with van der Waals surface area (Å²) in [7, 11) is 0. The Labute approximate surface area is 67.7 Å². The zero-order valence-corrected chi connectivity index (χ0v) is 6.81. The van der Waals surface area contributed by atoms with E-state index in [0.29, 0.717) is 5.92 Å².